The first-order valence-electron chi connectivity index (χ1n) is 7.77. The van der Waals surface area contributed by atoms with Crippen molar-refractivity contribution in [3.05, 3.63) is 64.0 Å². The zero-order chi connectivity index (χ0) is 16.7. The molecule has 0 unspecified atom stereocenters. The first-order chi connectivity index (χ1) is 10.9. The summed E-state index contributed by atoms with van der Waals surface area (Å²) in [6, 6.07) is 8.27. The number of aromatic hydroxyl groups is 1. The molecule has 2 aromatic carbocycles. The first-order valence-corrected chi connectivity index (χ1v) is 7.77. The summed E-state index contributed by atoms with van der Waals surface area (Å²) in [4.78, 5) is 14.5. The van der Waals surface area contributed by atoms with E-state index in [1.807, 2.05) is 6.07 Å². The van der Waals surface area contributed by atoms with Crippen molar-refractivity contribution in [3.8, 4) is 5.75 Å². The van der Waals surface area contributed by atoms with Crippen LogP contribution in [0.5, 0.6) is 5.75 Å². The number of fused-ring (bicyclic) bond motifs is 1. The van der Waals surface area contributed by atoms with Gasteiger partial charge >= 0.3 is 0 Å². The van der Waals surface area contributed by atoms with Crippen LogP contribution < -0.4 is 0 Å². The summed E-state index contributed by atoms with van der Waals surface area (Å²) < 4.78 is 13.3. The zero-order valence-electron chi connectivity index (χ0n) is 13.6. The number of amides is 1. The lowest BCUT2D eigenvalue weighted by molar-refractivity contribution is 0.0748. The van der Waals surface area contributed by atoms with Crippen molar-refractivity contribution in [1.29, 1.82) is 0 Å². The number of rotatable bonds is 2. The molecule has 1 N–H and O–H groups in total. The molecule has 0 aromatic heterocycles. The fourth-order valence-electron chi connectivity index (χ4n) is 2.98. The molecule has 0 saturated heterocycles. The molecule has 1 aliphatic heterocycles. The summed E-state index contributed by atoms with van der Waals surface area (Å²) in [6.07, 6.45) is 0. The average molecular weight is 313 g/mol. The lowest BCUT2D eigenvalue weighted by Gasteiger charge is -2.18. The van der Waals surface area contributed by atoms with E-state index in [9.17, 15) is 14.3 Å². The standard InChI is InChI=1S/C19H20FNO2/c1-11(2)14-6-12(3)18(22)17(8-14)19(23)21-9-13-4-5-16(20)7-15(13)10-21/h4-8,11,22H,9-10H2,1-3H3. The third-order valence-corrected chi connectivity index (χ3v) is 4.40. The second kappa shape index (κ2) is 5.69. The van der Waals surface area contributed by atoms with Gasteiger partial charge in [0.1, 0.15) is 11.6 Å². The SMILES string of the molecule is Cc1cc(C(C)C)cc(C(=O)N2Cc3ccc(F)cc3C2)c1O. The number of hydrogen-bond donors (Lipinski definition) is 1. The van der Waals surface area contributed by atoms with Crippen molar-refractivity contribution < 1.29 is 14.3 Å². The molecule has 0 bridgehead atoms. The predicted molar refractivity (Wildman–Crippen MR) is 86.9 cm³/mol. The molecule has 120 valence electrons. The summed E-state index contributed by atoms with van der Waals surface area (Å²) in [5.41, 5.74) is 3.82. The number of halogens is 1. The molecule has 0 aliphatic carbocycles. The molecule has 0 atom stereocenters. The van der Waals surface area contributed by atoms with E-state index in [1.54, 1.807) is 24.0 Å². The fraction of sp³-hybridized carbons (Fsp3) is 0.316. The van der Waals surface area contributed by atoms with Crippen molar-refractivity contribution in [2.45, 2.75) is 39.8 Å². The third kappa shape index (κ3) is 2.81. The van der Waals surface area contributed by atoms with E-state index in [0.717, 1.165) is 16.7 Å². The Bertz CT molecular complexity index is 783. The molecule has 0 spiro atoms. The Labute approximate surface area is 135 Å². The second-order valence-corrected chi connectivity index (χ2v) is 6.46. The van der Waals surface area contributed by atoms with Crippen LogP contribution in [0.3, 0.4) is 0 Å². The molecular formula is C19H20FNO2. The Hall–Kier alpha value is -2.36. The first kappa shape index (κ1) is 15.5. The molecule has 3 rings (SSSR count). The second-order valence-electron chi connectivity index (χ2n) is 6.46. The van der Waals surface area contributed by atoms with Crippen LogP contribution in [0.2, 0.25) is 0 Å². The minimum atomic E-state index is -0.293. The molecule has 1 amide bonds. The van der Waals surface area contributed by atoms with Crippen LogP contribution in [-0.4, -0.2) is 15.9 Å². The minimum absolute atomic E-state index is 0.0292. The van der Waals surface area contributed by atoms with Gasteiger partial charge in [-0.1, -0.05) is 26.0 Å². The Morgan fingerprint density at radius 2 is 1.87 bits per heavy atom. The number of nitrogens with zero attached hydrogens (tertiary/aromatic N) is 1. The van der Waals surface area contributed by atoms with E-state index in [1.165, 1.54) is 12.1 Å². The van der Waals surface area contributed by atoms with Gasteiger partial charge in [-0.05, 0) is 53.3 Å². The van der Waals surface area contributed by atoms with Gasteiger partial charge in [0, 0.05) is 13.1 Å². The van der Waals surface area contributed by atoms with Crippen LogP contribution in [0.4, 0.5) is 4.39 Å². The molecular weight excluding hydrogens is 293 g/mol. The number of benzene rings is 2. The van der Waals surface area contributed by atoms with Gasteiger partial charge in [-0.15, -0.1) is 0 Å². The number of aryl methyl sites for hydroxylation is 1. The van der Waals surface area contributed by atoms with Crippen molar-refractivity contribution in [2.24, 2.45) is 0 Å². The van der Waals surface area contributed by atoms with Crippen LogP contribution in [0.15, 0.2) is 30.3 Å². The average Bonchev–Trinajstić information content (AvgIpc) is 2.91. The molecule has 23 heavy (non-hydrogen) atoms. The molecule has 1 aliphatic rings. The van der Waals surface area contributed by atoms with Gasteiger partial charge in [0.25, 0.3) is 5.91 Å². The maximum atomic E-state index is 13.3. The van der Waals surface area contributed by atoms with E-state index in [0.29, 0.717) is 24.2 Å². The van der Waals surface area contributed by atoms with Gasteiger partial charge < -0.3 is 10.0 Å². The lowest BCUT2D eigenvalue weighted by Crippen LogP contribution is -2.25. The van der Waals surface area contributed by atoms with Gasteiger partial charge in [-0.25, -0.2) is 4.39 Å². The molecule has 0 fully saturated rings. The summed E-state index contributed by atoms with van der Waals surface area (Å²) in [6.45, 7) is 6.71. The Morgan fingerprint density at radius 1 is 1.17 bits per heavy atom. The lowest BCUT2D eigenvalue weighted by atomic mass is 9.96. The highest BCUT2D eigenvalue weighted by Gasteiger charge is 2.27. The molecule has 2 aromatic rings. The molecule has 1 heterocycles. The number of phenolic OH excluding ortho intramolecular Hbond substituents is 1. The summed E-state index contributed by atoms with van der Waals surface area (Å²) in [5, 5.41) is 10.3. The topological polar surface area (TPSA) is 40.5 Å². The summed E-state index contributed by atoms with van der Waals surface area (Å²) in [5.74, 6) is -0.212. The van der Waals surface area contributed by atoms with E-state index < -0.39 is 0 Å². The Morgan fingerprint density at radius 3 is 2.57 bits per heavy atom. The molecule has 0 radical (unpaired) electrons. The highest BCUT2D eigenvalue weighted by Crippen LogP contribution is 2.31. The maximum absolute atomic E-state index is 13.3. The number of carbonyl (C=O) groups is 1. The van der Waals surface area contributed by atoms with Gasteiger partial charge in [-0.2, -0.15) is 0 Å². The third-order valence-electron chi connectivity index (χ3n) is 4.40. The monoisotopic (exact) mass is 313 g/mol. The van der Waals surface area contributed by atoms with Crippen molar-refractivity contribution in [1.82, 2.24) is 4.90 Å². The summed E-state index contributed by atoms with van der Waals surface area (Å²) in [7, 11) is 0. The Kier molecular flexibility index (Phi) is 3.84. The quantitative estimate of drug-likeness (QED) is 0.906. The van der Waals surface area contributed by atoms with Crippen molar-refractivity contribution in [2.75, 3.05) is 0 Å². The van der Waals surface area contributed by atoms with Crippen LogP contribution in [0.1, 0.15) is 52.4 Å². The van der Waals surface area contributed by atoms with Crippen LogP contribution in [-0.2, 0) is 13.1 Å². The van der Waals surface area contributed by atoms with Crippen LogP contribution >= 0.6 is 0 Å². The van der Waals surface area contributed by atoms with Crippen molar-refractivity contribution in [3.63, 3.8) is 0 Å². The van der Waals surface area contributed by atoms with E-state index in [4.69, 9.17) is 0 Å². The molecule has 4 heteroatoms. The summed E-state index contributed by atoms with van der Waals surface area (Å²) >= 11 is 0. The number of phenols is 1. The minimum Gasteiger partial charge on any atom is -0.507 e. The van der Waals surface area contributed by atoms with E-state index in [-0.39, 0.29) is 23.4 Å². The van der Waals surface area contributed by atoms with Crippen LogP contribution in [0, 0.1) is 12.7 Å². The van der Waals surface area contributed by atoms with Gasteiger partial charge in [0.15, 0.2) is 0 Å². The number of carbonyl (C=O) groups excluding carboxylic acids is 1. The van der Waals surface area contributed by atoms with Gasteiger partial charge in [-0.3, -0.25) is 4.79 Å². The van der Waals surface area contributed by atoms with Gasteiger partial charge in [0.05, 0.1) is 5.56 Å². The zero-order valence-corrected chi connectivity index (χ0v) is 13.6. The highest BCUT2D eigenvalue weighted by atomic mass is 19.1. The predicted octanol–water partition coefficient (Wildman–Crippen LogP) is 4.12. The number of hydrogen-bond acceptors (Lipinski definition) is 2. The maximum Gasteiger partial charge on any atom is 0.258 e. The van der Waals surface area contributed by atoms with E-state index >= 15 is 0 Å². The fourth-order valence-corrected chi connectivity index (χ4v) is 2.98. The highest BCUT2D eigenvalue weighted by molar-refractivity contribution is 5.97. The molecule has 3 nitrogen and oxygen atoms in total. The van der Waals surface area contributed by atoms with Crippen LogP contribution in [0.25, 0.3) is 0 Å². The van der Waals surface area contributed by atoms with E-state index in [2.05, 4.69) is 13.8 Å². The van der Waals surface area contributed by atoms with Gasteiger partial charge in [0.2, 0.25) is 0 Å². The normalized spacial score (nSPS) is 13.5. The molecule has 0 saturated carbocycles. The van der Waals surface area contributed by atoms with Crippen molar-refractivity contribution >= 4 is 5.91 Å². The largest absolute Gasteiger partial charge is 0.507 e. The smallest absolute Gasteiger partial charge is 0.258 e. The Balaban J connectivity index is 1.93.